The Bertz CT molecular complexity index is 4130. The fraction of sp³-hybridized carbons (Fsp3) is 0.139. The molecule has 10 aromatic carbocycles. The number of fused-ring (bicyclic) bond motifs is 9. The summed E-state index contributed by atoms with van der Waals surface area (Å²) in [5.74, 6) is 0. The molecule has 404 valence electrons. The van der Waals surface area contributed by atoms with Crippen molar-refractivity contribution in [2.45, 2.75) is 72.6 Å². The first-order valence-corrected chi connectivity index (χ1v) is 29.5. The fourth-order valence-corrected chi connectivity index (χ4v) is 13.4. The van der Waals surface area contributed by atoms with E-state index in [2.05, 4.69) is 316 Å². The van der Waals surface area contributed by atoms with Gasteiger partial charge in [0.15, 0.2) is 0 Å². The summed E-state index contributed by atoms with van der Waals surface area (Å²) in [4.78, 5) is 9.96. The highest BCUT2D eigenvalue weighted by atomic mass is 15.2. The second-order valence-electron chi connectivity index (χ2n) is 23.3. The molecule has 0 saturated heterocycles. The number of anilines is 10. The second-order valence-corrected chi connectivity index (χ2v) is 23.3. The van der Waals surface area contributed by atoms with Gasteiger partial charge in [-0.25, -0.2) is 0 Å². The van der Waals surface area contributed by atoms with Crippen molar-refractivity contribution in [2.24, 2.45) is 0 Å². The molecule has 0 amide bonds. The highest BCUT2D eigenvalue weighted by Crippen LogP contribution is 2.66. The van der Waals surface area contributed by atoms with Gasteiger partial charge in [-0.15, -0.1) is 0 Å². The zero-order chi connectivity index (χ0) is 56.3. The first-order valence-electron chi connectivity index (χ1n) is 29.5. The van der Waals surface area contributed by atoms with E-state index in [0.29, 0.717) is 0 Å². The number of allylic oxidation sites excluding steroid dienone is 8. The minimum Gasteiger partial charge on any atom is -0.314 e. The normalized spacial score (nSPS) is 15.6. The topological polar surface area (TPSA) is 13.0 Å². The third-order valence-corrected chi connectivity index (χ3v) is 17.7. The van der Waals surface area contributed by atoms with Crippen LogP contribution in [-0.2, 0) is 5.41 Å². The standard InChI is InChI=1S/C79H68N4/c1-53-17-29-61(30-18-53)80(59-13-9-7-10-14-59)67-41-45-71-72-46-42-68(81(60-15-11-8-12-16-60)62-31-19-54(2)20-32-62)50-76(72)79(75(71)49-67)77-51-69(82(63-33-21-55(3)22-34-63)64-35-23-56(4)24-36-64)43-47-73(77)74-48-44-70(52-78(74)79)83(65-37-25-57(5)26-38-65)66-39-27-58(6)28-40-66/h7-19,21-31,33-43,45-47,49-52H,20,32,44,48H2,1-6H3. The number of para-hydroxylation sites is 2. The maximum atomic E-state index is 2.62. The summed E-state index contributed by atoms with van der Waals surface area (Å²) < 4.78 is 0. The maximum absolute atomic E-state index is 2.62. The highest BCUT2D eigenvalue weighted by Gasteiger charge is 2.54. The fourth-order valence-electron chi connectivity index (χ4n) is 13.4. The zero-order valence-electron chi connectivity index (χ0n) is 48.4. The second kappa shape index (κ2) is 21.0. The molecule has 1 atom stereocenters. The average Bonchev–Trinajstić information content (AvgIpc) is 1.90. The molecule has 4 heteroatoms. The van der Waals surface area contributed by atoms with E-state index in [9.17, 15) is 0 Å². The van der Waals surface area contributed by atoms with Crippen LogP contribution in [0.5, 0.6) is 0 Å². The SMILES string of the molecule is CC1=CC=C(N(c2ccccc2)c2ccc3c(c2)C2(C4=C(CCC(N(c5ccc(C)cc5)c5ccc(C)cc5)=C4)c4ccc(N(c5ccc(C)cc5)c5ccc(C)cc5)cc42)c2cc(N(c4ccccc4)c4ccc(C)cc4)ccc2-3)CC1. The van der Waals surface area contributed by atoms with E-state index in [4.69, 9.17) is 0 Å². The van der Waals surface area contributed by atoms with Crippen LogP contribution in [0.2, 0.25) is 0 Å². The van der Waals surface area contributed by atoms with E-state index in [1.54, 1.807) is 0 Å². The van der Waals surface area contributed by atoms with Crippen LogP contribution in [0.1, 0.15) is 82.7 Å². The van der Waals surface area contributed by atoms with Gasteiger partial charge in [0, 0.05) is 68.3 Å². The third kappa shape index (κ3) is 9.10. The Kier molecular flexibility index (Phi) is 13.1. The number of hydrogen-bond acceptors (Lipinski definition) is 4. The lowest BCUT2D eigenvalue weighted by atomic mass is 9.68. The molecule has 14 rings (SSSR count). The largest absolute Gasteiger partial charge is 0.314 e. The molecule has 4 nitrogen and oxygen atoms in total. The van der Waals surface area contributed by atoms with Crippen LogP contribution in [-0.4, -0.2) is 0 Å². The highest BCUT2D eigenvalue weighted by molar-refractivity contribution is 6.00. The molecule has 4 aliphatic rings. The van der Waals surface area contributed by atoms with Crippen molar-refractivity contribution < 1.29 is 0 Å². The predicted molar refractivity (Wildman–Crippen MR) is 350 cm³/mol. The number of aryl methyl sites for hydroxylation is 5. The molecule has 83 heavy (non-hydrogen) atoms. The van der Waals surface area contributed by atoms with Crippen LogP contribution in [0, 0.1) is 34.6 Å². The van der Waals surface area contributed by atoms with Crippen molar-refractivity contribution in [3.05, 3.63) is 327 Å². The van der Waals surface area contributed by atoms with E-state index in [0.717, 1.165) is 82.6 Å². The lowest BCUT2D eigenvalue weighted by Crippen LogP contribution is -2.29. The summed E-state index contributed by atoms with van der Waals surface area (Å²) >= 11 is 0. The first-order chi connectivity index (χ1) is 40.6. The Morgan fingerprint density at radius 2 is 0.602 bits per heavy atom. The molecule has 1 spiro atoms. The van der Waals surface area contributed by atoms with Gasteiger partial charge < -0.3 is 19.6 Å². The van der Waals surface area contributed by atoms with E-state index in [1.807, 2.05) is 0 Å². The van der Waals surface area contributed by atoms with Crippen LogP contribution in [0.4, 0.5) is 56.9 Å². The van der Waals surface area contributed by atoms with Gasteiger partial charge in [-0.2, -0.15) is 0 Å². The van der Waals surface area contributed by atoms with Crippen LogP contribution in [0.3, 0.4) is 0 Å². The zero-order valence-corrected chi connectivity index (χ0v) is 48.4. The maximum Gasteiger partial charge on any atom is 0.0725 e. The number of rotatable bonds is 12. The summed E-state index contributed by atoms with van der Waals surface area (Å²) in [6.45, 7) is 13.1. The van der Waals surface area contributed by atoms with Crippen molar-refractivity contribution in [3.8, 4) is 11.1 Å². The lowest BCUT2D eigenvalue weighted by Gasteiger charge is -2.37. The van der Waals surface area contributed by atoms with Gasteiger partial charge in [-0.05, 0) is 245 Å². The summed E-state index contributed by atoms with van der Waals surface area (Å²) in [6.07, 6.45) is 11.0. The average molecular weight is 1070 g/mol. The van der Waals surface area contributed by atoms with Crippen LogP contribution >= 0.6 is 0 Å². The number of nitrogens with zero attached hydrogens (tertiary/aromatic N) is 4. The molecule has 0 aliphatic heterocycles. The van der Waals surface area contributed by atoms with E-state index >= 15 is 0 Å². The molecule has 0 bridgehead atoms. The monoisotopic (exact) mass is 1070 g/mol. The Balaban J connectivity index is 1.09. The third-order valence-electron chi connectivity index (χ3n) is 17.7. The van der Waals surface area contributed by atoms with Crippen molar-refractivity contribution in [1.82, 2.24) is 0 Å². The van der Waals surface area contributed by atoms with Crippen molar-refractivity contribution >= 4 is 62.4 Å². The van der Waals surface area contributed by atoms with Crippen molar-refractivity contribution in [2.75, 3.05) is 19.6 Å². The van der Waals surface area contributed by atoms with E-state index < -0.39 is 5.41 Å². The Morgan fingerprint density at radius 1 is 0.277 bits per heavy atom. The van der Waals surface area contributed by atoms with Crippen molar-refractivity contribution in [3.63, 3.8) is 0 Å². The Labute approximate surface area is 490 Å². The predicted octanol–water partition coefficient (Wildman–Crippen LogP) is 21.5. The molecule has 0 heterocycles. The molecule has 0 radical (unpaired) electrons. The quantitative estimate of drug-likeness (QED) is 0.121. The summed E-state index contributed by atoms with van der Waals surface area (Å²) in [7, 11) is 0. The van der Waals surface area contributed by atoms with Gasteiger partial charge in [0.05, 0.1) is 5.41 Å². The molecule has 0 fully saturated rings. The summed E-state index contributed by atoms with van der Waals surface area (Å²) in [5.41, 5.74) is 31.2. The van der Waals surface area contributed by atoms with Gasteiger partial charge >= 0.3 is 0 Å². The summed E-state index contributed by atoms with van der Waals surface area (Å²) in [6, 6.07) is 89.3. The lowest BCUT2D eigenvalue weighted by molar-refractivity contribution is 0.772. The van der Waals surface area contributed by atoms with Gasteiger partial charge in [0.25, 0.3) is 0 Å². The summed E-state index contributed by atoms with van der Waals surface area (Å²) in [5, 5.41) is 0. The molecular formula is C79H68N4. The number of benzene rings is 10. The molecule has 0 aromatic heterocycles. The molecule has 0 N–H and O–H groups in total. The smallest absolute Gasteiger partial charge is 0.0725 e. The molecule has 4 aliphatic carbocycles. The Hall–Kier alpha value is -9.64. The van der Waals surface area contributed by atoms with Crippen LogP contribution in [0.25, 0.3) is 16.7 Å². The number of hydrogen-bond donors (Lipinski definition) is 0. The van der Waals surface area contributed by atoms with Crippen LogP contribution in [0.15, 0.2) is 277 Å². The van der Waals surface area contributed by atoms with Crippen LogP contribution < -0.4 is 19.6 Å². The van der Waals surface area contributed by atoms with Gasteiger partial charge in [-0.1, -0.05) is 155 Å². The van der Waals surface area contributed by atoms with Gasteiger partial charge in [0.2, 0.25) is 0 Å². The van der Waals surface area contributed by atoms with E-state index in [-0.39, 0.29) is 0 Å². The minimum absolute atomic E-state index is 0.767. The molecule has 10 aromatic rings. The van der Waals surface area contributed by atoms with Gasteiger partial charge in [0.1, 0.15) is 0 Å². The molecule has 1 unspecified atom stereocenters. The molecule has 0 saturated carbocycles. The Morgan fingerprint density at radius 3 is 1.01 bits per heavy atom. The minimum atomic E-state index is -0.767. The molecular weight excluding hydrogens is 1000 g/mol. The van der Waals surface area contributed by atoms with Crippen molar-refractivity contribution in [1.29, 1.82) is 0 Å². The van der Waals surface area contributed by atoms with E-state index in [1.165, 1.54) is 89.3 Å². The van der Waals surface area contributed by atoms with Gasteiger partial charge in [-0.3, -0.25) is 0 Å². The first kappa shape index (κ1) is 51.5.